The molecule has 0 unspecified atom stereocenters. The van der Waals surface area contributed by atoms with Crippen molar-refractivity contribution < 1.29 is 9.53 Å². The summed E-state index contributed by atoms with van der Waals surface area (Å²) in [5.74, 6) is -0.345. The van der Waals surface area contributed by atoms with Crippen LogP contribution >= 0.6 is 0 Å². The number of rotatable bonds is 9. The van der Waals surface area contributed by atoms with Gasteiger partial charge in [0.1, 0.15) is 5.56 Å². The van der Waals surface area contributed by atoms with E-state index in [9.17, 15) is 4.79 Å². The fraction of sp³-hybridized carbons (Fsp3) is 0.588. The first-order chi connectivity index (χ1) is 11.2. The molecule has 0 amide bonds. The number of hydrogen-bond acceptors (Lipinski definition) is 5. The van der Waals surface area contributed by atoms with Crippen molar-refractivity contribution in [1.29, 1.82) is 0 Å². The van der Waals surface area contributed by atoms with Gasteiger partial charge in [-0.25, -0.2) is 14.5 Å². The SMILES string of the molecule is CCCCCCNc1c(C(=O)OCC)cnc2c1cnn2CC. The highest BCUT2D eigenvalue weighted by Crippen LogP contribution is 2.26. The Hall–Kier alpha value is -2.11. The lowest BCUT2D eigenvalue weighted by molar-refractivity contribution is 0.0527. The largest absolute Gasteiger partial charge is 0.462 e. The molecule has 0 aliphatic carbocycles. The first-order valence-electron chi connectivity index (χ1n) is 8.48. The Labute approximate surface area is 137 Å². The molecule has 0 radical (unpaired) electrons. The summed E-state index contributed by atoms with van der Waals surface area (Å²) in [7, 11) is 0. The minimum absolute atomic E-state index is 0.345. The van der Waals surface area contributed by atoms with Gasteiger partial charge in [-0.2, -0.15) is 5.10 Å². The Kier molecular flexibility index (Phi) is 6.38. The van der Waals surface area contributed by atoms with Crippen LogP contribution in [0.1, 0.15) is 56.8 Å². The molecule has 0 fully saturated rings. The van der Waals surface area contributed by atoms with Gasteiger partial charge in [0, 0.05) is 19.3 Å². The molecule has 0 atom stereocenters. The maximum Gasteiger partial charge on any atom is 0.341 e. The molecule has 23 heavy (non-hydrogen) atoms. The summed E-state index contributed by atoms with van der Waals surface area (Å²) in [6, 6.07) is 0. The van der Waals surface area contributed by atoms with E-state index >= 15 is 0 Å². The summed E-state index contributed by atoms with van der Waals surface area (Å²) >= 11 is 0. The average molecular weight is 318 g/mol. The maximum atomic E-state index is 12.2. The Bertz CT molecular complexity index is 651. The lowest BCUT2D eigenvalue weighted by Crippen LogP contribution is -2.12. The van der Waals surface area contributed by atoms with Crippen molar-refractivity contribution in [2.75, 3.05) is 18.5 Å². The van der Waals surface area contributed by atoms with E-state index in [1.807, 2.05) is 11.6 Å². The van der Waals surface area contributed by atoms with E-state index in [-0.39, 0.29) is 5.97 Å². The number of unbranched alkanes of at least 4 members (excludes halogenated alkanes) is 3. The number of aromatic nitrogens is 3. The zero-order valence-corrected chi connectivity index (χ0v) is 14.3. The minimum atomic E-state index is -0.345. The van der Waals surface area contributed by atoms with E-state index in [4.69, 9.17) is 4.74 Å². The van der Waals surface area contributed by atoms with Crippen molar-refractivity contribution >= 4 is 22.7 Å². The molecule has 1 N–H and O–H groups in total. The highest BCUT2D eigenvalue weighted by Gasteiger charge is 2.18. The first kappa shape index (κ1) is 17.2. The van der Waals surface area contributed by atoms with E-state index < -0.39 is 0 Å². The van der Waals surface area contributed by atoms with Crippen LogP contribution in [0.15, 0.2) is 12.4 Å². The highest BCUT2D eigenvalue weighted by molar-refractivity contribution is 6.04. The lowest BCUT2D eigenvalue weighted by atomic mass is 10.1. The molecule has 0 saturated carbocycles. The molecule has 2 rings (SSSR count). The number of carbonyl (C=O) groups excluding carboxylic acids is 1. The van der Waals surface area contributed by atoms with Gasteiger partial charge in [0.25, 0.3) is 0 Å². The zero-order chi connectivity index (χ0) is 16.7. The van der Waals surface area contributed by atoms with Crippen LogP contribution in [0.25, 0.3) is 11.0 Å². The number of ether oxygens (including phenoxy) is 1. The molecule has 6 heteroatoms. The zero-order valence-electron chi connectivity index (χ0n) is 14.3. The fourth-order valence-corrected chi connectivity index (χ4v) is 2.58. The topological polar surface area (TPSA) is 69.0 Å². The molecule has 0 aromatic carbocycles. The van der Waals surface area contributed by atoms with Gasteiger partial charge in [-0.05, 0) is 20.3 Å². The molecule has 2 heterocycles. The summed E-state index contributed by atoms with van der Waals surface area (Å²) in [6.45, 7) is 7.93. The van der Waals surface area contributed by atoms with Crippen LogP contribution in [0, 0.1) is 0 Å². The second kappa shape index (κ2) is 8.50. The Morgan fingerprint density at radius 3 is 2.74 bits per heavy atom. The second-order valence-electron chi connectivity index (χ2n) is 5.45. The molecule has 2 aromatic rings. The van der Waals surface area contributed by atoms with Crippen molar-refractivity contribution in [2.24, 2.45) is 0 Å². The lowest BCUT2D eigenvalue weighted by Gasteiger charge is -2.12. The number of esters is 1. The number of fused-ring (bicyclic) bond motifs is 1. The standard InChI is InChI=1S/C17H26N4O2/c1-4-7-8-9-10-18-15-13-12-20-21(5-2)16(13)19-11-14(15)17(22)23-6-3/h11-12H,4-10H2,1-3H3,(H,18,19). The molecule has 6 nitrogen and oxygen atoms in total. The number of carbonyl (C=O) groups is 1. The summed E-state index contributed by atoms with van der Waals surface area (Å²) in [5, 5.41) is 8.61. The van der Waals surface area contributed by atoms with Crippen LogP contribution in [-0.2, 0) is 11.3 Å². The highest BCUT2D eigenvalue weighted by atomic mass is 16.5. The summed E-state index contributed by atoms with van der Waals surface area (Å²) in [6.07, 6.45) is 8.04. The maximum absolute atomic E-state index is 12.2. The van der Waals surface area contributed by atoms with Gasteiger partial charge >= 0.3 is 5.97 Å². The van der Waals surface area contributed by atoms with Crippen molar-refractivity contribution in [3.8, 4) is 0 Å². The van der Waals surface area contributed by atoms with Crippen LogP contribution in [0.5, 0.6) is 0 Å². The first-order valence-corrected chi connectivity index (χ1v) is 8.48. The molecule has 0 saturated heterocycles. The van der Waals surface area contributed by atoms with Gasteiger partial charge < -0.3 is 10.1 Å². The molecule has 0 aliphatic rings. The predicted octanol–water partition coefficient (Wildman–Crippen LogP) is 3.62. The Morgan fingerprint density at radius 1 is 1.22 bits per heavy atom. The van der Waals surface area contributed by atoms with Crippen LogP contribution in [0.2, 0.25) is 0 Å². The second-order valence-corrected chi connectivity index (χ2v) is 5.45. The summed E-state index contributed by atoms with van der Waals surface area (Å²) in [4.78, 5) is 16.6. The van der Waals surface area contributed by atoms with Crippen LogP contribution in [0.4, 0.5) is 5.69 Å². The van der Waals surface area contributed by atoms with Crippen LogP contribution in [0.3, 0.4) is 0 Å². The molecule has 2 aromatic heterocycles. The molecule has 0 aliphatic heterocycles. The number of hydrogen-bond donors (Lipinski definition) is 1. The Morgan fingerprint density at radius 2 is 2.04 bits per heavy atom. The third-order valence-electron chi connectivity index (χ3n) is 3.79. The molecular weight excluding hydrogens is 292 g/mol. The smallest absolute Gasteiger partial charge is 0.341 e. The number of pyridine rings is 1. The van der Waals surface area contributed by atoms with Crippen LogP contribution in [-0.4, -0.2) is 33.9 Å². The van der Waals surface area contributed by atoms with E-state index in [2.05, 4.69) is 22.3 Å². The fourth-order valence-electron chi connectivity index (χ4n) is 2.58. The monoisotopic (exact) mass is 318 g/mol. The summed E-state index contributed by atoms with van der Waals surface area (Å²) < 4.78 is 6.98. The number of nitrogens with one attached hydrogen (secondary N) is 1. The number of aryl methyl sites for hydroxylation is 1. The number of anilines is 1. The molecule has 0 spiro atoms. The third kappa shape index (κ3) is 4.00. The number of nitrogens with zero attached hydrogens (tertiary/aromatic N) is 3. The third-order valence-corrected chi connectivity index (χ3v) is 3.79. The van der Waals surface area contributed by atoms with Gasteiger partial charge in [-0.3, -0.25) is 0 Å². The van der Waals surface area contributed by atoms with Gasteiger partial charge in [-0.1, -0.05) is 26.2 Å². The predicted molar refractivity (Wildman–Crippen MR) is 91.8 cm³/mol. The quantitative estimate of drug-likeness (QED) is 0.565. The molecular formula is C17H26N4O2. The van der Waals surface area contributed by atoms with E-state index in [1.165, 1.54) is 19.3 Å². The van der Waals surface area contributed by atoms with Crippen molar-refractivity contribution in [2.45, 2.75) is 53.0 Å². The minimum Gasteiger partial charge on any atom is -0.462 e. The van der Waals surface area contributed by atoms with E-state index in [1.54, 1.807) is 19.3 Å². The molecule has 0 bridgehead atoms. The Balaban J connectivity index is 2.29. The van der Waals surface area contributed by atoms with E-state index in [0.29, 0.717) is 12.2 Å². The van der Waals surface area contributed by atoms with Crippen molar-refractivity contribution in [3.05, 3.63) is 18.0 Å². The van der Waals surface area contributed by atoms with Crippen molar-refractivity contribution in [3.63, 3.8) is 0 Å². The van der Waals surface area contributed by atoms with E-state index in [0.717, 1.165) is 36.2 Å². The van der Waals surface area contributed by atoms with Crippen LogP contribution < -0.4 is 5.32 Å². The van der Waals surface area contributed by atoms with Gasteiger partial charge in [0.15, 0.2) is 5.65 Å². The van der Waals surface area contributed by atoms with Gasteiger partial charge in [-0.15, -0.1) is 0 Å². The van der Waals surface area contributed by atoms with Crippen molar-refractivity contribution in [1.82, 2.24) is 14.8 Å². The van der Waals surface area contributed by atoms with Gasteiger partial charge in [0.05, 0.1) is 23.9 Å². The normalized spacial score (nSPS) is 10.9. The van der Waals surface area contributed by atoms with Gasteiger partial charge in [0.2, 0.25) is 0 Å². The average Bonchev–Trinajstić information content (AvgIpc) is 2.98. The summed E-state index contributed by atoms with van der Waals surface area (Å²) in [5.41, 5.74) is 2.05. The molecule has 126 valence electrons.